The molecule has 3 aromatic heterocycles. The van der Waals surface area contributed by atoms with Gasteiger partial charge in [-0.3, -0.25) is 4.98 Å². The van der Waals surface area contributed by atoms with Crippen LogP contribution >= 0.6 is 0 Å². The van der Waals surface area contributed by atoms with Crippen molar-refractivity contribution in [3.05, 3.63) is 24.4 Å². The maximum Gasteiger partial charge on any atom is 0.229 e. The van der Waals surface area contributed by atoms with Crippen molar-refractivity contribution in [1.29, 1.82) is 0 Å². The van der Waals surface area contributed by atoms with Crippen LogP contribution in [-0.4, -0.2) is 76.5 Å². The third-order valence-corrected chi connectivity index (χ3v) is 5.49. The van der Waals surface area contributed by atoms with E-state index in [1.54, 1.807) is 6.20 Å². The van der Waals surface area contributed by atoms with Crippen LogP contribution in [0.15, 0.2) is 24.4 Å². The summed E-state index contributed by atoms with van der Waals surface area (Å²) in [6, 6.07) is 6.21. The molecule has 2 atom stereocenters. The van der Waals surface area contributed by atoms with Gasteiger partial charge in [-0.1, -0.05) is 6.07 Å². The summed E-state index contributed by atoms with van der Waals surface area (Å²) in [5, 5.41) is 0. The number of hydrogen-bond acceptors (Lipinski definition) is 8. The first-order chi connectivity index (χ1) is 14.2. The molecule has 2 fully saturated rings. The molecule has 152 valence electrons. The molecular weight excluding hydrogens is 370 g/mol. The van der Waals surface area contributed by atoms with E-state index in [1.807, 2.05) is 18.2 Å². The first-order valence-electron chi connectivity index (χ1n) is 10.1. The lowest BCUT2D eigenvalue weighted by atomic mass is 10.2. The molecule has 0 bridgehead atoms. The molecule has 0 aromatic carbocycles. The number of pyridine rings is 1. The van der Waals surface area contributed by atoms with Gasteiger partial charge in [0.05, 0.1) is 38.5 Å². The summed E-state index contributed by atoms with van der Waals surface area (Å²) in [5.74, 6) is 2.25. The Morgan fingerprint density at radius 1 is 0.966 bits per heavy atom. The first kappa shape index (κ1) is 18.3. The standard InChI is InChI=1S/C20H25N7O2/c1-13-11-28-9-7-26(13)19-16-18(23-17(22-16)15-5-3-4-6-21-15)24-20(25-19)27-8-10-29-12-14(27)2/h3-6,13-14H,7-12H2,1-2H3,(H,22,23,24,25). The van der Waals surface area contributed by atoms with E-state index >= 15 is 0 Å². The van der Waals surface area contributed by atoms with Crippen LogP contribution in [0, 0.1) is 0 Å². The highest BCUT2D eigenvalue weighted by Crippen LogP contribution is 2.30. The number of nitrogens with one attached hydrogen (secondary N) is 1. The molecule has 2 aliphatic rings. The maximum absolute atomic E-state index is 5.63. The third-order valence-electron chi connectivity index (χ3n) is 5.49. The largest absolute Gasteiger partial charge is 0.377 e. The van der Waals surface area contributed by atoms with E-state index in [2.05, 4.69) is 33.6 Å². The second-order valence-corrected chi connectivity index (χ2v) is 7.58. The maximum atomic E-state index is 5.63. The molecule has 9 heteroatoms. The van der Waals surface area contributed by atoms with Crippen LogP contribution < -0.4 is 9.80 Å². The number of fused-ring (bicyclic) bond motifs is 1. The molecule has 29 heavy (non-hydrogen) atoms. The fourth-order valence-electron chi connectivity index (χ4n) is 3.89. The number of aromatic nitrogens is 5. The Balaban J connectivity index is 1.65. The Bertz CT molecular complexity index is 993. The summed E-state index contributed by atoms with van der Waals surface area (Å²) in [5.41, 5.74) is 2.28. The molecule has 2 unspecified atom stereocenters. The van der Waals surface area contributed by atoms with Crippen molar-refractivity contribution in [2.45, 2.75) is 25.9 Å². The van der Waals surface area contributed by atoms with Crippen LogP contribution in [0.2, 0.25) is 0 Å². The first-order valence-corrected chi connectivity index (χ1v) is 10.1. The Kier molecular flexibility index (Phi) is 4.76. The average Bonchev–Trinajstić information content (AvgIpc) is 3.19. The number of nitrogens with zero attached hydrogens (tertiary/aromatic N) is 6. The van der Waals surface area contributed by atoms with Crippen molar-refractivity contribution >= 4 is 22.9 Å². The van der Waals surface area contributed by atoms with E-state index < -0.39 is 0 Å². The highest BCUT2D eigenvalue weighted by Gasteiger charge is 2.28. The average molecular weight is 395 g/mol. The number of morpholine rings is 2. The van der Waals surface area contributed by atoms with Gasteiger partial charge >= 0.3 is 0 Å². The van der Waals surface area contributed by atoms with Gasteiger partial charge in [0.2, 0.25) is 5.95 Å². The molecule has 5 rings (SSSR count). The zero-order valence-electron chi connectivity index (χ0n) is 16.7. The van der Waals surface area contributed by atoms with E-state index in [0.717, 1.165) is 35.8 Å². The lowest BCUT2D eigenvalue weighted by molar-refractivity contribution is 0.0973. The fourth-order valence-corrected chi connectivity index (χ4v) is 3.89. The Hall–Kier alpha value is -2.78. The summed E-state index contributed by atoms with van der Waals surface area (Å²) in [6.07, 6.45) is 1.76. The SMILES string of the molecule is CC1COCCN1c1nc(N2CCOCC2C)c2nc(-c3ccccn3)[nH]c2n1. The van der Waals surface area contributed by atoms with Crippen molar-refractivity contribution in [3.63, 3.8) is 0 Å². The Labute approximate surface area is 169 Å². The van der Waals surface area contributed by atoms with Crippen molar-refractivity contribution in [3.8, 4) is 11.5 Å². The van der Waals surface area contributed by atoms with Gasteiger partial charge < -0.3 is 24.3 Å². The molecule has 0 aliphatic carbocycles. The lowest BCUT2D eigenvalue weighted by Gasteiger charge is -2.36. The predicted molar refractivity (Wildman–Crippen MR) is 110 cm³/mol. The summed E-state index contributed by atoms with van der Waals surface area (Å²) in [6.45, 7) is 8.53. The van der Waals surface area contributed by atoms with Gasteiger partial charge in [0.25, 0.3) is 0 Å². The molecule has 2 aliphatic heterocycles. The topological polar surface area (TPSA) is 92.3 Å². The number of H-pyrrole nitrogens is 1. The number of imidazole rings is 1. The van der Waals surface area contributed by atoms with Gasteiger partial charge in [-0.25, -0.2) is 4.98 Å². The summed E-state index contributed by atoms with van der Waals surface area (Å²) < 4.78 is 11.2. The Morgan fingerprint density at radius 3 is 2.41 bits per heavy atom. The number of aromatic amines is 1. The molecule has 0 amide bonds. The molecule has 9 nitrogen and oxygen atoms in total. The molecule has 3 aromatic rings. The van der Waals surface area contributed by atoms with Gasteiger partial charge in [-0.2, -0.15) is 9.97 Å². The fraction of sp³-hybridized carbons (Fsp3) is 0.500. The third kappa shape index (κ3) is 3.40. The van der Waals surface area contributed by atoms with Crippen molar-refractivity contribution < 1.29 is 9.47 Å². The number of rotatable bonds is 3. The molecule has 1 N–H and O–H groups in total. The highest BCUT2D eigenvalue weighted by molar-refractivity contribution is 5.87. The van der Waals surface area contributed by atoms with Crippen LogP contribution in [0.1, 0.15) is 13.8 Å². The van der Waals surface area contributed by atoms with Crippen LogP contribution in [0.25, 0.3) is 22.7 Å². The van der Waals surface area contributed by atoms with E-state index in [9.17, 15) is 0 Å². The minimum Gasteiger partial charge on any atom is -0.377 e. The zero-order chi connectivity index (χ0) is 19.8. The molecule has 0 saturated carbocycles. The summed E-state index contributed by atoms with van der Waals surface area (Å²) in [7, 11) is 0. The summed E-state index contributed by atoms with van der Waals surface area (Å²) >= 11 is 0. The minimum atomic E-state index is 0.215. The monoisotopic (exact) mass is 395 g/mol. The van der Waals surface area contributed by atoms with E-state index in [-0.39, 0.29) is 12.1 Å². The van der Waals surface area contributed by atoms with Crippen LogP contribution in [0.5, 0.6) is 0 Å². The molecule has 5 heterocycles. The van der Waals surface area contributed by atoms with Crippen LogP contribution in [0.3, 0.4) is 0 Å². The zero-order valence-corrected chi connectivity index (χ0v) is 16.7. The minimum absolute atomic E-state index is 0.215. The second kappa shape index (κ2) is 7.57. The molecular formula is C20H25N7O2. The number of hydrogen-bond donors (Lipinski definition) is 1. The predicted octanol–water partition coefficient (Wildman–Crippen LogP) is 1.87. The molecule has 0 radical (unpaired) electrons. The van der Waals surface area contributed by atoms with Gasteiger partial charge in [0, 0.05) is 19.3 Å². The van der Waals surface area contributed by atoms with Crippen molar-refractivity contribution in [2.75, 3.05) is 49.3 Å². The Morgan fingerprint density at radius 2 is 1.72 bits per heavy atom. The van der Waals surface area contributed by atoms with E-state index in [0.29, 0.717) is 38.2 Å². The summed E-state index contributed by atoms with van der Waals surface area (Å²) in [4.78, 5) is 26.9. The normalized spacial score (nSPS) is 23.0. The van der Waals surface area contributed by atoms with Gasteiger partial charge in [0.1, 0.15) is 5.69 Å². The molecule has 0 spiro atoms. The van der Waals surface area contributed by atoms with E-state index in [4.69, 9.17) is 24.4 Å². The lowest BCUT2D eigenvalue weighted by Crippen LogP contribution is -2.46. The van der Waals surface area contributed by atoms with Crippen LogP contribution in [0.4, 0.5) is 11.8 Å². The van der Waals surface area contributed by atoms with Crippen LogP contribution in [-0.2, 0) is 9.47 Å². The highest BCUT2D eigenvalue weighted by atomic mass is 16.5. The number of ether oxygens (including phenoxy) is 2. The quantitative estimate of drug-likeness (QED) is 0.719. The smallest absolute Gasteiger partial charge is 0.229 e. The molecule has 2 saturated heterocycles. The second-order valence-electron chi connectivity index (χ2n) is 7.58. The van der Waals surface area contributed by atoms with Crippen molar-refractivity contribution in [2.24, 2.45) is 0 Å². The van der Waals surface area contributed by atoms with Gasteiger partial charge in [0.15, 0.2) is 22.8 Å². The van der Waals surface area contributed by atoms with Gasteiger partial charge in [-0.15, -0.1) is 0 Å². The van der Waals surface area contributed by atoms with Gasteiger partial charge in [-0.05, 0) is 26.0 Å². The van der Waals surface area contributed by atoms with E-state index in [1.165, 1.54) is 0 Å². The number of anilines is 2. The van der Waals surface area contributed by atoms with Crippen molar-refractivity contribution in [1.82, 2.24) is 24.9 Å².